The number of benzene rings is 5. The molecule has 5 aromatic rings. The van der Waals surface area contributed by atoms with Crippen molar-refractivity contribution >= 4 is 0 Å². The average molecular weight is 867 g/mol. The molecule has 10 rings (SSSR count). The Morgan fingerprint density at radius 1 is 0.349 bits per heavy atom. The minimum absolute atomic E-state index is 0.343. The van der Waals surface area contributed by atoms with Crippen LogP contribution in [0.25, 0.3) is 0 Å². The lowest BCUT2D eigenvalue weighted by atomic mass is 10.0. The van der Waals surface area contributed by atoms with Crippen molar-refractivity contribution in [3.05, 3.63) is 163 Å². The van der Waals surface area contributed by atoms with E-state index < -0.39 is 0 Å². The average Bonchev–Trinajstić information content (AvgIpc) is 4.12. The lowest BCUT2D eigenvalue weighted by Crippen LogP contribution is -2.03. The van der Waals surface area contributed by atoms with E-state index in [0.717, 1.165) is 63.5 Å². The van der Waals surface area contributed by atoms with Gasteiger partial charge in [-0.3, -0.25) is 0 Å². The topological polar surface area (TPSA) is 109 Å². The Hall–Kier alpha value is -4.78. The van der Waals surface area contributed by atoms with Gasteiger partial charge >= 0.3 is 0 Å². The van der Waals surface area contributed by atoms with Crippen molar-refractivity contribution in [2.75, 3.05) is 80.3 Å². The Bertz CT molecular complexity index is 1600. The molecule has 5 saturated heterocycles. The third-order valence-electron chi connectivity index (χ3n) is 9.19. The van der Waals surface area contributed by atoms with Crippen molar-refractivity contribution in [3.8, 4) is 17.2 Å². The summed E-state index contributed by atoms with van der Waals surface area (Å²) in [5, 5.41) is 0. The van der Waals surface area contributed by atoms with Gasteiger partial charge in [-0.05, 0) is 59.4 Å². The molecule has 0 aromatic heterocycles. The molecule has 10 nitrogen and oxygen atoms in total. The van der Waals surface area contributed by atoms with Crippen molar-refractivity contribution in [1.82, 2.24) is 0 Å². The zero-order chi connectivity index (χ0) is 44.7. The fourth-order valence-corrected chi connectivity index (χ4v) is 4.99. The molecule has 0 N–H and O–H groups in total. The molecule has 0 bridgehead atoms. The van der Waals surface area contributed by atoms with Crippen LogP contribution in [-0.2, 0) is 33.2 Å². The summed E-state index contributed by atoms with van der Waals surface area (Å²) in [6.45, 7) is 16.8. The van der Waals surface area contributed by atoms with Gasteiger partial charge in [0.2, 0.25) is 0 Å². The number of methoxy groups -OCH3 is 2. The smallest absolute Gasteiger partial charge is 0.119 e. The van der Waals surface area contributed by atoms with E-state index in [9.17, 15) is 0 Å². The summed E-state index contributed by atoms with van der Waals surface area (Å²) in [4.78, 5) is 0. The second-order valence-corrected chi connectivity index (χ2v) is 15.7. The number of ether oxygens (including phenoxy) is 10. The lowest BCUT2D eigenvalue weighted by molar-refractivity contribution is 0.171. The normalized spacial score (nSPS) is 19.8. The molecule has 5 aliphatic rings. The lowest BCUT2D eigenvalue weighted by Gasteiger charge is -2.01. The molecule has 342 valence electrons. The van der Waals surface area contributed by atoms with E-state index in [-0.39, 0.29) is 0 Å². The first-order chi connectivity index (χ1) is 30.8. The highest BCUT2D eigenvalue weighted by molar-refractivity contribution is 5.23. The van der Waals surface area contributed by atoms with Crippen molar-refractivity contribution in [3.63, 3.8) is 0 Å². The number of epoxide rings is 5. The molecule has 5 aromatic carbocycles. The van der Waals surface area contributed by atoms with E-state index >= 15 is 0 Å². The highest BCUT2D eigenvalue weighted by Gasteiger charge is 2.24. The van der Waals surface area contributed by atoms with Crippen molar-refractivity contribution in [2.24, 2.45) is 0 Å². The highest BCUT2D eigenvalue weighted by atomic mass is 16.6. The van der Waals surface area contributed by atoms with Gasteiger partial charge in [0, 0.05) is 14.2 Å². The van der Waals surface area contributed by atoms with Crippen LogP contribution in [0, 0.1) is 0 Å². The molecule has 5 fully saturated rings. The molecule has 63 heavy (non-hydrogen) atoms. The summed E-state index contributed by atoms with van der Waals surface area (Å²) in [5.41, 5.74) is 2.83. The van der Waals surface area contributed by atoms with Gasteiger partial charge in [0.1, 0.15) is 67.6 Å². The van der Waals surface area contributed by atoms with E-state index in [1.807, 2.05) is 103 Å². The first kappa shape index (κ1) is 50.9. The van der Waals surface area contributed by atoms with Crippen LogP contribution in [0.2, 0.25) is 0 Å². The molecule has 0 aliphatic carbocycles. The van der Waals surface area contributed by atoms with Gasteiger partial charge in [-0.15, -0.1) is 0 Å². The van der Waals surface area contributed by atoms with Crippen LogP contribution >= 0.6 is 0 Å². The van der Waals surface area contributed by atoms with Gasteiger partial charge in [-0.1, -0.05) is 143 Å². The van der Waals surface area contributed by atoms with Crippen LogP contribution in [0.5, 0.6) is 17.2 Å². The number of hydrogen-bond acceptors (Lipinski definition) is 10. The SMILES string of the molecule is CC(C)c1ccccc1.CC(C)c1ccccc1.COCC1CO1.COCC1CO1.c1ccc(OCC2CO2)cc1.c1ccc(OCC2CO2)cc1.c1ccc(OCC2CO2)cc1. The fraction of sp³-hybridized carbons (Fsp3) is 0.434. The highest BCUT2D eigenvalue weighted by Crippen LogP contribution is 2.17. The van der Waals surface area contributed by atoms with Crippen LogP contribution in [0.15, 0.2) is 152 Å². The summed E-state index contributed by atoms with van der Waals surface area (Å²) in [7, 11) is 3.36. The fourth-order valence-electron chi connectivity index (χ4n) is 4.99. The van der Waals surface area contributed by atoms with Crippen LogP contribution in [0.1, 0.15) is 50.7 Å². The summed E-state index contributed by atoms with van der Waals surface area (Å²) in [5.74, 6) is 4.08. The molecule has 0 spiro atoms. The Labute approximate surface area is 376 Å². The molecule has 5 aliphatic heterocycles. The Morgan fingerprint density at radius 3 is 0.714 bits per heavy atom. The van der Waals surface area contributed by atoms with E-state index in [2.05, 4.69) is 76.2 Å². The molecule has 0 amide bonds. The van der Waals surface area contributed by atoms with Crippen molar-refractivity contribution < 1.29 is 47.4 Å². The van der Waals surface area contributed by atoms with Gasteiger partial charge in [0.15, 0.2) is 0 Å². The predicted molar refractivity (Wildman–Crippen MR) is 249 cm³/mol. The summed E-state index contributed by atoms with van der Waals surface area (Å²) < 4.78 is 50.4. The molecule has 5 heterocycles. The zero-order valence-electron chi connectivity index (χ0n) is 38.1. The maximum atomic E-state index is 5.40. The number of hydrogen-bond donors (Lipinski definition) is 0. The van der Waals surface area contributed by atoms with Crippen LogP contribution in [-0.4, -0.2) is 111 Å². The van der Waals surface area contributed by atoms with Gasteiger partial charge < -0.3 is 47.4 Å². The third kappa shape index (κ3) is 27.8. The first-order valence-corrected chi connectivity index (χ1v) is 22.0. The van der Waals surface area contributed by atoms with E-state index in [1.54, 1.807) is 14.2 Å². The van der Waals surface area contributed by atoms with E-state index in [0.29, 0.717) is 62.2 Å². The monoisotopic (exact) mass is 866 g/mol. The van der Waals surface area contributed by atoms with Gasteiger partial charge in [-0.2, -0.15) is 0 Å². The third-order valence-corrected chi connectivity index (χ3v) is 9.19. The summed E-state index contributed by atoms with van der Waals surface area (Å²) in [6, 6.07) is 50.4. The molecular formula is C53H70O10. The Morgan fingerprint density at radius 2 is 0.556 bits per heavy atom. The zero-order valence-corrected chi connectivity index (χ0v) is 38.1. The molecule has 5 atom stereocenters. The Balaban J connectivity index is 0.000000163. The summed E-state index contributed by atoms with van der Waals surface area (Å²) in [6.07, 6.45) is 1.88. The van der Waals surface area contributed by atoms with E-state index in [4.69, 9.17) is 47.4 Å². The number of para-hydroxylation sites is 3. The molecule has 10 heteroatoms. The van der Waals surface area contributed by atoms with Crippen molar-refractivity contribution in [1.29, 1.82) is 0 Å². The second-order valence-electron chi connectivity index (χ2n) is 15.7. The van der Waals surface area contributed by atoms with E-state index in [1.165, 1.54) is 11.1 Å². The molecule has 0 radical (unpaired) electrons. The van der Waals surface area contributed by atoms with Gasteiger partial charge in [0.25, 0.3) is 0 Å². The molecule has 5 unspecified atom stereocenters. The largest absolute Gasteiger partial charge is 0.491 e. The van der Waals surface area contributed by atoms with Gasteiger partial charge in [0.05, 0.1) is 46.2 Å². The Kier molecular flexibility index (Phi) is 25.1. The van der Waals surface area contributed by atoms with Gasteiger partial charge in [-0.25, -0.2) is 0 Å². The maximum absolute atomic E-state index is 5.40. The molecule has 0 saturated carbocycles. The van der Waals surface area contributed by atoms with Crippen LogP contribution in [0.4, 0.5) is 0 Å². The minimum Gasteiger partial charge on any atom is -0.491 e. The number of rotatable bonds is 15. The van der Waals surface area contributed by atoms with Crippen molar-refractivity contribution in [2.45, 2.75) is 70.1 Å². The molecular weight excluding hydrogens is 797 g/mol. The summed E-state index contributed by atoms with van der Waals surface area (Å²) >= 11 is 0. The maximum Gasteiger partial charge on any atom is 0.119 e. The van der Waals surface area contributed by atoms with Crippen LogP contribution < -0.4 is 14.2 Å². The minimum atomic E-state index is 0.343. The quantitative estimate of drug-likeness (QED) is 0.0944. The second kappa shape index (κ2) is 31.1. The first-order valence-electron chi connectivity index (χ1n) is 22.0. The van der Waals surface area contributed by atoms with Crippen LogP contribution in [0.3, 0.4) is 0 Å². The predicted octanol–water partition coefficient (Wildman–Crippen LogP) is 10.1. The standard InChI is InChI=1S/3C9H10O2.2C9H12.2C4H8O2/c3*1-2-4-8(5-3-1)10-6-9-7-11-9;2*1-8(2)9-6-4-3-5-7-9;2*1-5-2-4-3-6-4/h3*1-5,9H,6-7H2;2*3-8H,1-2H3;2*4H,2-3H2,1H3.